The molecule has 0 saturated heterocycles. The molecule has 4 amide bonds. The van der Waals surface area contributed by atoms with Crippen molar-refractivity contribution in [3.63, 3.8) is 0 Å². The summed E-state index contributed by atoms with van der Waals surface area (Å²) in [6, 6.07) is 22.1. The number of ether oxygens (including phenoxy) is 3. The molecule has 1 aliphatic heterocycles. The summed E-state index contributed by atoms with van der Waals surface area (Å²) < 4.78 is 15.9. The van der Waals surface area contributed by atoms with Crippen molar-refractivity contribution in [2.24, 2.45) is 0 Å². The van der Waals surface area contributed by atoms with Crippen LogP contribution in [0.4, 0.5) is 4.79 Å². The maximum Gasteiger partial charge on any atom is 0.426 e. The second-order valence-electron chi connectivity index (χ2n) is 11.4. The van der Waals surface area contributed by atoms with E-state index in [9.17, 15) is 28.8 Å². The molecule has 4 rings (SSSR count). The van der Waals surface area contributed by atoms with E-state index in [0.717, 1.165) is 10.5 Å². The molecular formula is C34H35N3O9. The number of fused-ring (bicyclic) bond motifs is 1. The van der Waals surface area contributed by atoms with Crippen molar-refractivity contribution < 1.29 is 43.0 Å². The van der Waals surface area contributed by atoms with Gasteiger partial charge in [0.2, 0.25) is 0 Å². The van der Waals surface area contributed by atoms with Gasteiger partial charge in [0.15, 0.2) is 0 Å². The zero-order chi connectivity index (χ0) is 33.3. The number of carbonyl (C=O) groups excluding carboxylic acids is 6. The average molecular weight is 630 g/mol. The first-order valence-electron chi connectivity index (χ1n) is 14.6. The van der Waals surface area contributed by atoms with Crippen molar-refractivity contribution in [3.8, 4) is 0 Å². The Morgan fingerprint density at radius 3 is 1.76 bits per heavy atom. The van der Waals surface area contributed by atoms with E-state index in [1.165, 1.54) is 12.1 Å². The number of hydrogen-bond donors (Lipinski definition) is 1. The third kappa shape index (κ3) is 9.00. The number of hydrazine groups is 1. The fraction of sp³-hybridized carbons (Fsp3) is 0.294. The van der Waals surface area contributed by atoms with Gasteiger partial charge in [0.1, 0.15) is 31.4 Å². The molecule has 0 spiro atoms. The van der Waals surface area contributed by atoms with Gasteiger partial charge in [-0.15, -0.1) is 0 Å². The Bertz CT molecular complexity index is 1550. The van der Waals surface area contributed by atoms with Crippen LogP contribution in [0, 0.1) is 0 Å². The van der Waals surface area contributed by atoms with Crippen molar-refractivity contribution in [2.45, 2.75) is 58.5 Å². The molecule has 3 aromatic rings. The highest BCUT2D eigenvalue weighted by molar-refractivity contribution is 6.22. The maximum absolute atomic E-state index is 14.1. The van der Waals surface area contributed by atoms with Crippen molar-refractivity contribution in [1.82, 2.24) is 15.3 Å². The van der Waals surface area contributed by atoms with Crippen molar-refractivity contribution in [2.75, 3.05) is 6.54 Å². The van der Waals surface area contributed by atoms with Crippen LogP contribution >= 0.6 is 0 Å². The highest BCUT2D eigenvalue weighted by atomic mass is 16.6. The van der Waals surface area contributed by atoms with Crippen LogP contribution in [0.25, 0.3) is 0 Å². The lowest BCUT2D eigenvalue weighted by Gasteiger charge is -2.31. The Labute approximate surface area is 266 Å². The third-order valence-electron chi connectivity index (χ3n) is 6.70. The molecule has 240 valence electrons. The lowest BCUT2D eigenvalue weighted by molar-refractivity contribution is -0.161. The van der Waals surface area contributed by atoms with E-state index >= 15 is 0 Å². The molecule has 0 aliphatic carbocycles. The van der Waals surface area contributed by atoms with Gasteiger partial charge in [-0.1, -0.05) is 72.8 Å². The zero-order valence-corrected chi connectivity index (χ0v) is 25.8. The first-order chi connectivity index (χ1) is 21.9. The van der Waals surface area contributed by atoms with E-state index in [1.54, 1.807) is 87.5 Å². The third-order valence-corrected chi connectivity index (χ3v) is 6.70. The van der Waals surface area contributed by atoms with E-state index in [-0.39, 0.29) is 37.2 Å². The molecule has 0 aromatic heterocycles. The topological polar surface area (TPSA) is 149 Å². The molecule has 1 atom stereocenters. The fourth-order valence-corrected chi connectivity index (χ4v) is 4.64. The summed E-state index contributed by atoms with van der Waals surface area (Å²) in [5, 5.41) is 0.630. The van der Waals surface area contributed by atoms with Gasteiger partial charge in [0, 0.05) is 6.42 Å². The van der Waals surface area contributed by atoms with Crippen LogP contribution in [0.3, 0.4) is 0 Å². The molecule has 1 aliphatic rings. The van der Waals surface area contributed by atoms with E-state index in [4.69, 9.17) is 14.2 Å². The number of imide groups is 1. The van der Waals surface area contributed by atoms with E-state index in [1.807, 2.05) is 6.07 Å². The summed E-state index contributed by atoms with van der Waals surface area (Å²) >= 11 is 0. The number of carbonyl (C=O) groups is 6. The van der Waals surface area contributed by atoms with Gasteiger partial charge in [0.05, 0.1) is 11.1 Å². The molecule has 1 unspecified atom stereocenters. The lowest BCUT2D eigenvalue weighted by Crippen LogP contribution is -2.57. The predicted octanol–water partition coefficient (Wildman–Crippen LogP) is 4.19. The predicted molar refractivity (Wildman–Crippen MR) is 164 cm³/mol. The molecule has 1 N–H and O–H groups in total. The van der Waals surface area contributed by atoms with Crippen LogP contribution in [-0.2, 0) is 41.8 Å². The standard InChI is InChI=1S/C34H35N3O9/c1-34(2,3)46-29(39)20-36(35-33(43)45-22-24-14-8-5-9-15-24)32(42)27(18-19-28(38)44-21-23-12-6-4-7-13-23)37-30(40)25-16-10-11-17-26(25)31(37)41/h4-17,27H,18-22H2,1-3H3,(H,35,43). The Hall–Kier alpha value is -5.52. The summed E-state index contributed by atoms with van der Waals surface area (Å²) in [5.74, 6) is -4.12. The molecule has 46 heavy (non-hydrogen) atoms. The molecule has 0 bridgehead atoms. The quantitative estimate of drug-likeness (QED) is 0.143. The molecule has 12 nitrogen and oxygen atoms in total. The molecule has 0 fully saturated rings. The van der Waals surface area contributed by atoms with Crippen molar-refractivity contribution in [1.29, 1.82) is 0 Å². The number of nitrogens with one attached hydrogen (secondary N) is 1. The second-order valence-corrected chi connectivity index (χ2v) is 11.4. The first kappa shape index (κ1) is 33.4. The fourth-order valence-electron chi connectivity index (χ4n) is 4.64. The van der Waals surface area contributed by atoms with Crippen LogP contribution < -0.4 is 5.43 Å². The van der Waals surface area contributed by atoms with Crippen LogP contribution in [-0.4, -0.2) is 63.8 Å². The zero-order valence-electron chi connectivity index (χ0n) is 25.8. The van der Waals surface area contributed by atoms with Gasteiger partial charge in [0.25, 0.3) is 17.7 Å². The van der Waals surface area contributed by atoms with Crippen LogP contribution in [0.5, 0.6) is 0 Å². The van der Waals surface area contributed by atoms with E-state index in [0.29, 0.717) is 10.6 Å². The normalized spacial score (nSPS) is 13.0. The minimum Gasteiger partial charge on any atom is -0.461 e. The van der Waals surface area contributed by atoms with Gasteiger partial charge in [-0.25, -0.2) is 15.2 Å². The molecule has 1 heterocycles. The van der Waals surface area contributed by atoms with Gasteiger partial charge >= 0.3 is 18.0 Å². The monoisotopic (exact) mass is 629 g/mol. The molecule has 0 saturated carbocycles. The molecule has 0 radical (unpaired) electrons. The first-order valence-corrected chi connectivity index (χ1v) is 14.6. The lowest BCUT2D eigenvalue weighted by atomic mass is 10.1. The van der Waals surface area contributed by atoms with Gasteiger partial charge in [-0.2, -0.15) is 0 Å². The minimum atomic E-state index is -1.60. The second kappa shape index (κ2) is 15.0. The Morgan fingerprint density at radius 1 is 0.739 bits per heavy atom. The van der Waals surface area contributed by atoms with Crippen molar-refractivity contribution >= 4 is 35.8 Å². The minimum absolute atomic E-state index is 0.0229. The SMILES string of the molecule is CC(C)(C)OC(=O)CN(NC(=O)OCc1ccccc1)C(=O)C(CCC(=O)OCc1ccccc1)N1C(=O)c2ccccc2C1=O. The Morgan fingerprint density at radius 2 is 1.24 bits per heavy atom. The Balaban J connectivity index is 1.57. The number of amides is 4. The Kier molecular flexibility index (Phi) is 10.9. The van der Waals surface area contributed by atoms with Gasteiger partial charge in [-0.05, 0) is 50.5 Å². The molecular weight excluding hydrogens is 594 g/mol. The smallest absolute Gasteiger partial charge is 0.426 e. The maximum atomic E-state index is 14.1. The summed E-state index contributed by atoms with van der Waals surface area (Å²) in [4.78, 5) is 80.1. The number of esters is 2. The number of rotatable bonds is 11. The molecule has 3 aromatic carbocycles. The molecule has 12 heteroatoms. The summed E-state index contributed by atoms with van der Waals surface area (Å²) in [6.45, 7) is 3.93. The van der Waals surface area contributed by atoms with Crippen molar-refractivity contribution in [3.05, 3.63) is 107 Å². The van der Waals surface area contributed by atoms with E-state index < -0.39 is 53.9 Å². The highest BCUT2D eigenvalue weighted by Gasteiger charge is 2.44. The highest BCUT2D eigenvalue weighted by Crippen LogP contribution is 2.27. The van der Waals surface area contributed by atoms with Gasteiger partial charge < -0.3 is 14.2 Å². The summed E-state index contributed by atoms with van der Waals surface area (Å²) in [5.41, 5.74) is 2.88. The van der Waals surface area contributed by atoms with Crippen LogP contribution in [0.2, 0.25) is 0 Å². The summed E-state index contributed by atoms with van der Waals surface area (Å²) in [7, 11) is 0. The van der Waals surface area contributed by atoms with Crippen LogP contribution in [0.1, 0.15) is 65.5 Å². The number of nitrogens with zero attached hydrogens (tertiary/aromatic N) is 2. The van der Waals surface area contributed by atoms with E-state index in [2.05, 4.69) is 5.43 Å². The van der Waals surface area contributed by atoms with Crippen LogP contribution in [0.15, 0.2) is 84.9 Å². The largest absolute Gasteiger partial charge is 0.461 e. The number of benzene rings is 3. The van der Waals surface area contributed by atoms with Gasteiger partial charge in [-0.3, -0.25) is 28.9 Å². The summed E-state index contributed by atoms with van der Waals surface area (Å²) in [6.07, 6.45) is -1.80. The number of hydrogen-bond acceptors (Lipinski definition) is 9. The average Bonchev–Trinajstić information content (AvgIpc) is 3.28.